The highest BCUT2D eigenvalue weighted by molar-refractivity contribution is 6.36. The van der Waals surface area contributed by atoms with Crippen LogP contribution in [0.25, 0.3) is 33.3 Å². The molecule has 1 aliphatic carbocycles. The minimum atomic E-state index is -1.53. The van der Waals surface area contributed by atoms with Crippen LogP contribution in [-0.2, 0) is 22.4 Å². The maximum atomic E-state index is 15.5. The molecule has 5 nitrogen and oxygen atoms in total. The summed E-state index contributed by atoms with van der Waals surface area (Å²) in [6.07, 6.45) is 3.89. The van der Waals surface area contributed by atoms with Gasteiger partial charge in [0.2, 0.25) is 0 Å². The van der Waals surface area contributed by atoms with Crippen molar-refractivity contribution in [3.63, 3.8) is 0 Å². The predicted octanol–water partition coefficient (Wildman–Crippen LogP) is 5.91. The molecular formula is C27H23FN2O3. The van der Waals surface area contributed by atoms with Crippen LogP contribution in [0.3, 0.4) is 0 Å². The lowest BCUT2D eigenvalue weighted by atomic mass is 9.99. The number of carboxylic acids is 1. The van der Waals surface area contributed by atoms with Gasteiger partial charge in [-0.3, -0.25) is 4.79 Å². The summed E-state index contributed by atoms with van der Waals surface area (Å²) in [6, 6.07) is 17.1. The number of carbonyl (C=O) groups is 2. The third-order valence-corrected chi connectivity index (χ3v) is 6.30. The van der Waals surface area contributed by atoms with Crippen molar-refractivity contribution in [3.05, 3.63) is 77.1 Å². The fourth-order valence-electron chi connectivity index (χ4n) is 4.59. The molecular weight excluding hydrogens is 419 g/mol. The zero-order valence-electron chi connectivity index (χ0n) is 18.2. The van der Waals surface area contributed by atoms with Crippen molar-refractivity contribution in [2.45, 2.75) is 32.6 Å². The number of aryl methyl sites for hydroxylation is 1. The minimum absolute atomic E-state index is 0.268. The van der Waals surface area contributed by atoms with Crippen molar-refractivity contribution >= 4 is 28.5 Å². The number of aromatic nitrogens is 1. The number of aromatic amines is 1. The molecule has 0 fully saturated rings. The molecule has 0 saturated heterocycles. The van der Waals surface area contributed by atoms with Crippen LogP contribution in [0.2, 0.25) is 0 Å². The maximum Gasteiger partial charge on any atom is 0.394 e. The lowest BCUT2D eigenvalue weighted by Crippen LogP contribution is -2.21. The number of amides is 1. The van der Waals surface area contributed by atoms with E-state index in [1.54, 1.807) is 12.1 Å². The highest BCUT2D eigenvalue weighted by atomic mass is 19.1. The van der Waals surface area contributed by atoms with Gasteiger partial charge in [-0.2, -0.15) is 0 Å². The number of H-pyrrole nitrogens is 1. The van der Waals surface area contributed by atoms with Crippen LogP contribution in [0.1, 0.15) is 36.5 Å². The average Bonchev–Trinajstić information content (AvgIpc) is 3.35. The van der Waals surface area contributed by atoms with Gasteiger partial charge in [0.25, 0.3) is 0 Å². The summed E-state index contributed by atoms with van der Waals surface area (Å²) in [5, 5.41) is 12.0. The van der Waals surface area contributed by atoms with Gasteiger partial charge in [0, 0.05) is 28.6 Å². The molecule has 6 heteroatoms. The second-order valence-electron chi connectivity index (χ2n) is 8.44. The molecule has 0 saturated carbocycles. The Morgan fingerprint density at radius 3 is 2.55 bits per heavy atom. The monoisotopic (exact) mass is 442 g/mol. The molecule has 0 aliphatic heterocycles. The first-order chi connectivity index (χ1) is 16.0. The first-order valence-corrected chi connectivity index (χ1v) is 11.1. The number of carboxylic acid groups (broad SMARTS) is 1. The number of hydrogen-bond donors (Lipinski definition) is 3. The van der Waals surface area contributed by atoms with Crippen molar-refractivity contribution in [1.82, 2.24) is 4.98 Å². The first-order valence-electron chi connectivity index (χ1n) is 11.1. The molecule has 1 aliphatic rings. The minimum Gasteiger partial charge on any atom is -0.474 e. The predicted molar refractivity (Wildman–Crippen MR) is 127 cm³/mol. The molecule has 1 aromatic heterocycles. The Morgan fingerprint density at radius 2 is 1.82 bits per heavy atom. The van der Waals surface area contributed by atoms with Gasteiger partial charge in [-0.15, -0.1) is 0 Å². The van der Waals surface area contributed by atoms with Crippen LogP contribution < -0.4 is 5.32 Å². The highest BCUT2D eigenvalue weighted by Crippen LogP contribution is 2.43. The first kappa shape index (κ1) is 20.9. The average molecular weight is 442 g/mol. The molecule has 5 rings (SSSR count). The number of aliphatic carboxylic acids is 1. The quantitative estimate of drug-likeness (QED) is 0.296. The lowest BCUT2D eigenvalue weighted by Gasteiger charge is -2.08. The summed E-state index contributed by atoms with van der Waals surface area (Å²) in [4.78, 5) is 25.5. The number of anilines is 1. The zero-order chi connectivity index (χ0) is 23.1. The summed E-state index contributed by atoms with van der Waals surface area (Å²) >= 11 is 0. The molecule has 3 aromatic carbocycles. The number of benzene rings is 3. The molecule has 0 spiro atoms. The van der Waals surface area contributed by atoms with Crippen molar-refractivity contribution in [2.75, 3.05) is 5.32 Å². The second kappa shape index (κ2) is 8.20. The van der Waals surface area contributed by atoms with Crippen molar-refractivity contribution in [2.24, 2.45) is 0 Å². The maximum absolute atomic E-state index is 15.5. The molecule has 0 atom stereocenters. The molecule has 3 N–H and O–H groups in total. The van der Waals surface area contributed by atoms with Crippen LogP contribution in [0.15, 0.2) is 54.6 Å². The van der Waals surface area contributed by atoms with Gasteiger partial charge >= 0.3 is 11.9 Å². The van der Waals surface area contributed by atoms with E-state index in [0.29, 0.717) is 23.2 Å². The molecule has 1 heterocycles. The van der Waals surface area contributed by atoms with Crippen LogP contribution in [-0.4, -0.2) is 22.0 Å². The smallest absolute Gasteiger partial charge is 0.394 e. The topological polar surface area (TPSA) is 82.2 Å². The summed E-state index contributed by atoms with van der Waals surface area (Å²) < 4.78 is 15.5. The van der Waals surface area contributed by atoms with E-state index in [1.807, 2.05) is 30.3 Å². The van der Waals surface area contributed by atoms with Crippen molar-refractivity contribution < 1.29 is 19.1 Å². The fraction of sp³-hybridized carbons (Fsp3) is 0.185. The zero-order valence-corrected chi connectivity index (χ0v) is 18.2. The van der Waals surface area contributed by atoms with Crippen molar-refractivity contribution in [3.8, 4) is 22.4 Å². The van der Waals surface area contributed by atoms with Gasteiger partial charge in [0.05, 0.1) is 11.2 Å². The normalized spacial score (nSPS) is 11.9. The number of rotatable bonds is 5. The summed E-state index contributed by atoms with van der Waals surface area (Å²) in [6.45, 7) is 2.17. The Morgan fingerprint density at radius 1 is 1.06 bits per heavy atom. The van der Waals surface area contributed by atoms with E-state index in [-0.39, 0.29) is 5.82 Å². The van der Waals surface area contributed by atoms with Gasteiger partial charge < -0.3 is 15.4 Å². The molecule has 0 bridgehead atoms. The Hall–Kier alpha value is -3.93. The fourth-order valence-corrected chi connectivity index (χ4v) is 4.59. The molecule has 4 aromatic rings. The van der Waals surface area contributed by atoms with Gasteiger partial charge in [0.15, 0.2) is 5.82 Å². The Labute approximate surface area is 190 Å². The third-order valence-electron chi connectivity index (χ3n) is 6.30. The lowest BCUT2D eigenvalue weighted by molar-refractivity contribution is -0.147. The second-order valence-corrected chi connectivity index (χ2v) is 8.44. The van der Waals surface area contributed by atoms with E-state index in [1.165, 1.54) is 5.56 Å². The van der Waals surface area contributed by atoms with Gasteiger partial charge in [-0.05, 0) is 47.2 Å². The van der Waals surface area contributed by atoms with Crippen LogP contribution in [0.5, 0.6) is 0 Å². The third kappa shape index (κ3) is 3.67. The molecule has 33 heavy (non-hydrogen) atoms. The van der Waals surface area contributed by atoms with E-state index in [0.717, 1.165) is 52.6 Å². The molecule has 1 amide bonds. The summed E-state index contributed by atoms with van der Waals surface area (Å²) in [7, 11) is 0. The van der Waals surface area contributed by atoms with Gasteiger partial charge in [-0.1, -0.05) is 55.8 Å². The van der Waals surface area contributed by atoms with E-state index in [4.69, 9.17) is 5.11 Å². The summed E-state index contributed by atoms with van der Waals surface area (Å²) in [5.41, 5.74) is 7.33. The van der Waals surface area contributed by atoms with E-state index >= 15 is 4.39 Å². The number of unbranched alkanes of at least 4 members (excludes halogenated alkanes) is 1. The Kier molecular flexibility index (Phi) is 5.21. The molecule has 0 unspecified atom stereocenters. The largest absolute Gasteiger partial charge is 0.474 e. The number of nitrogens with one attached hydrogen (secondary N) is 2. The van der Waals surface area contributed by atoms with Crippen molar-refractivity contribution in [1.29, 1.82) is 0 Å². The molecule has 0 radical (unpaired) electrons. The molecule has 166 valence electrons. The number of fused-ring (bicyclic) bond motifs is 5. The van der Waals surface area contributed by atoms with Crippen LogP contribution >= 0.6 is 0 Å². The van der Waals surface area contributed by atoms with Gasteiger partial charge in [0.1, 0.15) is 0 Å². The number of hydrogen-bond acceptors (Lipinski definition) is 2. The number of carbonyl (C=O) groups excluding carboxylic acids is 1. The van der Waals surface area contributed by atoms with E-state index in [2.05, 4.69) is 29.4 Å². The Bertz CT molecular complexity index is 1400. The highest BCUT2D eigenvalue weighted by Gasteiger charge is 2.26. The van der Waals surface area contributed by atoms with Crippen LogP contribution in [0, 0.1) is 5.82 Å². The van der Waals surface area contributed by atoms with Crippen LogP contribution in [0.4, 0.5) is 10.1 Å². The Balaban J connectivity index is 1.48. The standard InChI is InChI=1S/C27H23FN2O3/c1-2-3-4-15-5-7-16(8-6-15)19-11-12-21-22-14-17-13-18(29-26(31)27(32)33)9-10-20(17)24(22)30-25(21)23(19)28/h5-13,30H,2-4,14H2,1H3,(H,29,31)(H,32,33). The van der Waals surface area contributed by atoms with E-state index < -0.39 is 11.9 Å². The SMILES string of the molecule is CCCCc1ccc(-c2ccc3c4c([nH]c3c2F)-c2ccc(NC(=O)C(=O)O)cc2C4)cc1. The van der Waals surface area contributed by atoms with Gasteiger partial charge in [-0.25, -0.2) is 9.18 Å². The summed E-state index contributed by atoms with van der Waals surface area (Å²) in [5.74, 6) is -2.88. The number of halogens is 1. The van der Waals surface area contributed by atoms with E-state index in [9.17, 15) is 9.59 Å².